The number of hydrogen-bond donors (Lipinski definition) is 2. The van der Waals surface area contributed by atoms with Crippen molar-refractivity contribution < 1.29 is 14.0 Å². The molecule has 0 aliphatic rings. The lowest BCUT2D eigenvalue weighted by Gasteiger charge is -2.06. The number of nitrogens with one attached hydrogen (secondary N) is 2. The van der Waals surface area contributed by atoms with Gasteiger partial charge in [0.15, 0.2) is 0 Å². The monoisotopic (exact) mass is 375 g/mol. The van der Waals surface area contributed by atoms with Crippen molar-refractivity contribution in [2.75, 3.05) is 5.32 Å². The second-order valence-electron chi connectivity index (χ2n) is 6.15. The predicted octanol–water partition coefficient (Wildman–Crippen LogP) is 4.15. The fourth-order valence-electron chi connectivity index (χ4n) is 2.39. The summed E-state index contributed by atoms with van der Waals surface area (Å²) in [6, 6.07) is 19.4. The normalized spacial score (nSPS) is 10.6. The topological polar surface area (TPSA) is 70.6 Å². The summed E-state index contributed by atoms with van der Waals surface area (Å²) in [5.74, 6) is -0.952. The maximum atomic E-state index is 12.8. The van der Waals surface area contributed by atoms with E-state index in [9.17, 15) is 14.0 Å². The van der Waals surface area contributed by atoms with E-state index in [1.54, 1.807) is 48.5 Å². The van der Waals surface area contributed by atoms with Crippen molar-refractivity contribution in [2.24, 2.45) is 5.10 Å². The van der Waals surface area contributed by atoms with Gasteiger partial charge in [0, 0.05) is 16.8 Å². The van der Waals surface area contributed by atoms with E-state index in [0.717, 1.165) is 5.56 Å². The maximum Gasteiger partial charge on any atom is 0.271 e. The Labute approximate surface area is 161 Å². The number of hydrazone groups is 1. The molecule has 6 heteroatoms. The molecule has 0 radical (unpaired) electrons. The molecule has 3 rings (SSSR count). The van der Waals surface area contributed by atoms with Crippen molar-refractivity contribution in [1.29, 1.82) is 0 Å². The van der Waals surface area contributed by atoms with Crippen molar-refractivity contribution in [3.8, 4) is 0 Å². The van der Waals surface area contributed by atoms with Crippen molar-refractivity contribution in [3.63, 3.8) is 0 Å². The molecule has 2 amide bonds. The Balaban J connectivity index is 1.57. The summed E-state index contributed by atoms with van der Waals surface area (Å²) < 4.78 is 12.8. The van der Waals surface area contributed by atoms with Crippen LogP contribution < -0.4 is 10.7 Å². The zero-order valence-electron chi connectivity index (χ0n) is 15.1. The Morgan fingerprint density at radius 2 is 1.39 bits per heavy atom. The van der Waals surface area contributed by atoms with Gasteiger partial charge >= 0.3 is 0 Å². The van der Waals surface area contributed by atoms with Crippen molar-refractivity contribution >= 4 is 23.7 Å². The van der Waals surface area contributed by atoms with Crippen LogP contribution in [0.25, 0.3) is 0 Å². The molecule has 0 aliphatic carbocycles. The zero-order valence-corrected chi connectivity index (χ0v) is 15.1. The van der Waals surface area contributed by atoms with E-state index in [0.29, 0.717) is 22.4 Å². The zero-order chi connectivity index (χ0) is 19.9. The van der Waals surface area contributed by atoms with Crippen molar-refractivity contribution in [3.05, 3.63) is 101 Å². The highest BCUT2D eigenvalue weighted by atomic mass is 19.1. The van der Waals surface area contributed by atoms with Gasteiger partial charge in [-0.3, -0.25) is 9.59 Å². The number of benzene rings is 3. The lowest BCUT2D eigenvalue weighted by Crippen LogP contribution is -2.17. The quantitative estimate of drug-likeness (QED) is 0.519. The Kier molecular flexibility index (Phi) is 5.91. The molecule has 2 N–H and O–H groups in total. The molecule has 3 aromatic rings. The largest absolute Gasteiger partial charge is 0.322 e. The van der Waals surface area contributed by atoms with Crippen LogP contribution in [0.4, 0.5) is 10.1 Å². The van der Waals surface area contributed by atoms with Gasteiger partial charge in [-0.1, -0.05) is 29.8 Å². The van der Waals surface area contributed by atoms with Gasteiger partial charge in [-0.15, -0.1) is 0 Å². The van der Waals surface area contributed by atoms with E-state index < -0.39 is 5.91 Å². The molecule has 5 nitrogen and oxygen atoms in total. The van der Waals surface area contributed by atoms with E-state index >= 15 is 0 Å². The van der Waals surface area contributed by atoms with Crippen LogP contribution in [0.3, 0.4) is 0 Å². The van der Waals surface area contributed by atoms with Gasteiger partial charge in [-0.25, -0.2) is 9.82 Å². The first-order chi connectivity index (χ1) is 13.5. The second kappa shape index (κ2) is 8.73. The van der Waals surface area contributed by atoms with Crippen LogP contribution >= 0.6 is 0 Å². The lowest BCUT2D eigenvalue weighted by molar-refractivity contribution is 0.0954. The van der Waals surface area contributed by atoms with Gasteiger partial charge in [0.05, 0.1) is 6.21 Å². The Morgan fingerprint density at radius 3 is 2.04 bits per heavy atom. The van der Waals surface area contributed by atoms with E-state index in [4.69, 9.17) is 0 Å². The number of hydrogen-bond acceptors (Lipinski definition) is 3. The van der Waals surface area contributed by atoms with E-state index in [1.807, 2.05) is 19.1 Å². The number of amides is 2. The van der Waals surface area contributed by atoms with Gasteiger partial charge in [-0.2, -0.15) is 5.10 Å². The number of halogens is 1. The molecule has 0 saturated carbocycles. The van der Waals surface area contributed by atoms with Crippen molar-refractivity contribution in [1.82, 2.24) is 5.43 Å². The second-order valence-corrected chi connectivity index (χ2v) is 6.15. The van der Waals surface area contributed by atoms with Crippen LogP contribution in [0.2, 0.25) is 0 Å². The third kappa shape index (κ3) is 5.11. The lowest BCUT2D eigenvalue weighted by atomic mass is 10.1. The Hall–Kier alpha value is -3.80. The predicted molar refractivity (Wildman–Crippen MR) is 107 cm³/mol. The summed E-state index contributed by atoms with van der Waals surface area (Å²) in [4.78, 5) is 24.3. The molecule has 0 unspecified atom stereocenters. The third-order valence-electron chi connectivity index (χ3n) is 3.97. The third-order valence-corrected chi connectivity index (χ3v) is 3.97. The molecule has 0 fully saturated rings. The average Bonchev–Trinajstić information content (AvgIpc) is 2.70. The van der Waals surface area contributed by atoms with Gasteiger partial charge in [0.25, 0.3) is 11.8 Å². The first-order valence-corrected chi connectivity index (χ1v) is 8.58. The molecule has 0 spiro atoms. The van der Waals surface area contributed by atoms with Gasteiger partial charge in [0.2, 0.25) is 0 Å². The fourth-order valence-corrected chi connectivity index (χ4v) is 2.39. The van der Waals surface area contributed by atoms with Gasteiger partial charge in [-0.05, 0) is 61.0 Å². The number of aryl methyl sites for hydroxylation is 1. The smallest absolute Gasteiger partial charge is 0.271 e. The molecule has 0 bridgehead atoms. The highest BCUT2D eigenvalue weighted by Crippen LogP contribution is 2.12. The molecule has 3 aromatic carbocycles. The first-order valence-electron chi connectivity index (χ1n) is 8.58. The first kappa shape index (κ1) is 19.0. The van der Waals surface area contributed by atoms with Crippen LogP contribution in [0.1, 0.15) is 31.8 Å². The molecule has 0 saturated heterocycles. The molecule has 0 heterocycles. The van der Waals surface area contributed by atoms with Crippen LogP contribution in [0.5, 0.6) is 0 Å². The minimum absolute atomic E-state index is 0.221. The summed E-state index contributed by atoms with van der Waals surface area (Å²) >= 11 is 0. The van der Waals surface area contributed by atoms with Crippen molar-refractivity contribution in [2.45, 2.75) is 6.92 Å². The number of anilines is 1. The SMILES string of the molecule is Cc1ccc(C(=O)Nc2ccc(C(=O)NN=Cc3ccc(F)cc3)cc2)cc1. The standard InChI is InChI=1S/C22H18FN3O2/c1-15-2-6-17(7-3-15)21(27)25-20-12-8-18(9-13-20)22(28)26-24-14-16-4-10-19(23)11-5-16/h2-14H,1H3,(H,25,27)(H,26,28). The molecule has 0 atom stereocenters. The highest BCUT2D eigenvalue weighted by Gasteiger charge is 2.07. The minimum atomic E-state index is -0.394. The fraction of sp³-hybridized carbons (Fsp3) is 0.0455. The molecular weight excluding hydrogens is 357 g/mol. The summed E-state index contributed by atoms with van der Waals surface area (Å²) in [6.45, 7) is 1.95. The number of rotatable bonds is 5. The molecule has 28 heavy (non-hydrogen) atoms. The van der Waals surface area contributed by atoms with E-state index in [1.165, 1.54) is 18.3 Å². The Morgan fingerprint density at radius 1 is 0.821 bits per heavy atom. The van der Waals surface area contributed by atoms with E-state index in [2.05, 4.69) is 15.8 Å². The van der Waals surface area contributed by atoms with Gasteiger partial charge in [0.1, 0.15) is 5.82 Å². The van der Waals surface area contributed by atoms with Crippen LogP contribution in [-0.4, -0.2) is 18.0 Å². The van der Waals surface area contributed by atoms with Crippen LogP contribution in [0.15, 0.2) is 77.9 Å². The number of carbonyl (C=O) groups is 2. The summed E-state index contributed by atoms with van der Waals surface area (Å²) in [5, 5.41) is 6.63. The molecule has 140 valence electrons. The van der Waals surface area contributed by atoms with Crippen LogP contribution in [-0.2, 0) is 0 Å². The Bertz CT molecular complexity index is 995. The maximum absolute atomic E-state index is 12.8. The molecule has 0 aromatic heterocycles. The van der Waals surface area contributed by atoms with Crippen LogP contribution in [0, 0.1) is 12.7 Å². The summed E-state index contributed by atoms with van der Waals surface area (Å²) in [6.07, 6.45) is 1.42. The molecule has 0 aliphatic heterocycles. The summed E-state index contributed by atoms with van der Waals surface area (Å²) in [5.41, 5.74) is 5.67. The highest BCUT2D eigenvalue weighted by molar-refractivity contribution is 6.04. The minimum Gasteiger partial charge on any atom is -0.322 e. The average molecular weight is 375 g/mol. The molecular formula is C22H18FN3O2. The van der Waals surface area contributed by atoms with Gasteiger partial charge < -0.3 is 5.32 Å². The number of carbonyl (C=O) groups excluding carboxylic acids is 2. The van der Waals surface area contributed by atoms with E-state index in [-0.39, 0.29) is 11.7 Å². The summed E-state index contributed by atoms with van der Waals surface area (Å²) in [7, 11) is 0. The number of nitrogens with zero attached hydrogens (tertiary/aromatic N) is 1.